The van der Waals surface area contributed by atoms with Gasteiger partial charge in [-0.3, -0.25) is 0 Å². The first kappa shape index (κ1) is 4.06. The molecule has 0 aliphatic carbocycles. The number of hydrogen-bond acceptors (Lipinski definition) is 0. The molecule has 1 aliphatic heterocycles. The second kappa shape index (κ2) is 1.56. The smallest absolute Gasteiger partial charge is 0.166 e. The molecule has 0 spiro atoms. The highest BCUT2D eigenvalue weighted by molar-refractivity contribution is 4.61. The minimum absolute atomic E-state index is 0.653. The molecule has 1 aliphatic rings. The lowest BCUT2D eigenvalue weighted by Crippen LogP contribution is -2.05. The highest BCUT2D eigenvalue weighted by Crippen LogP contribution is 2.05. The molecule has 0 N–H and O–H groups in total. The zero-order valence-electron chi connectivity index (χ0n) is 3.52. The molecule has 0 unspecified atom stereocenters. The average Bonchev–Trinajstić information content (AvgIpc) is 1.86. The summed E-state index contributed by atoms with van der Waals surface area (Å²) >= 11 is 0. The molecule has 0 aromatic heterocycles. The number of rotatable bonds is 0. The van der Waals surface area contributed by atoms with Gasteiger partial charge in [-0.2, -0.15) is 0 Å². The van der Waals surface area contributed by atoms with Crippen molar-refractivity contribution in [3.8, 4) is 0 Å². The molecule has 1 saturated heterocycles. The number of hydrogen-bond donors (Lipinski definition) is 0. The fraction of sp³-hybridized carbons (Fsp3) is 1.00. The van der Waals surface area contributed by atoms with Crippen molar-refractivity contribution in [1.29, 1.82) is 0 Å². The zero-order valence-corrected chi connectivity index (χ0v) is 3.52. The predicted octanol–water partition coefficient (Wildman–Crippen LogP) is 0.680. The summed E-state index contributed by atoms with van der Waals surface area (Å²) in [6, 6.07) is 0. The van der Waals surface area contributed by atoms with Crippen LogP contribution in [0.3, 0.4) is 0 Å². The third-order valence-electron chi connectivity index (χ3n) is 0.928. The molecular formula is C4H7FN. The molecule has 0 aromatic carbocycles. The lowest BCUT2D eigenvalue weighted by molar-refractivity contribution is 0.306. The van der Waals surface area contributed by atoms with Gasteiger partial charge in [-0.05, 0) is 12.8 Å². The van der Waals surface area contributed by atoms with E-state index in [-0.39, 0.29) is 0 Å². The molecule has 6 heavy (non-hydrogen) atoms. The van der Waals surface area contributed by atoms with Crippen molar-refractivity contribution in [3.05, 3.63) is 0 Å². The fourth-order valence-electron chi connectivity index (χ4n) is 0.582. The van der Waals surface area contributed by atoms with Gasteiger partial charge in [0.25, 0.3) is 0 Å². The number of alkyl halides is 1. The Balaban J connectivity index is 2.18. The largest absolute Gasteiger partial charge is 0.229 e. The van der Waals surface area contributed by atoms with Crippen molar-refractivity contribution < 1.29 is 4.39 Å². The third-order valence-corrected chi connectivity index (χ3v) is 0.928. The molecule has 0 amide bonds. The van der Waals surface area contributed by atoms with E-state index in [0.717, 1.165) is 13.0 Å². The van der Waals surface area contributed by atoms with Gasteiger partial charge in [0, 0.05) is 6.54 Å². The Morgan fingerprint density at radius 1 is 1.67 bits per heavy atom. The van der Waals surface area contributed by atoms with Gasteiger partial charge in [-0.15, -0.1) is 0 Å². The molecule has 1 radical (unpaired) electrons. The van der Waals surface area contributed by atoms with Gasteiger partial charge in [0.15, 0.2) is 6.30 Å². The molecule has 35 valence electrons. The van der Waals surface area contributed by atoms with Gasteiger partial charge in [0.1, 0.15) is 0 Å². The standard InChI is InChI=1S/C4H7FN/c5-4-2-1-3-6-4/h4H,1-3H2/t4-/m0/s1. The average molecular weight is 88.1 g/mol. The van der Waals surface area contributed by atoms with Crippen LogP contribution in [0.15, 0.2) is 0 Å². The molecule has 0 aromatic rings. The molecule has 0 bridgehead atoms. The van der Waals surface area contributed by atoms with E-state index in [1.54, 1.807) is 0 Å². The maximum atomic E-state index is 11.8. The van der Waals surface area contributed by atoms with Crippen LogP contribution in [0.2, 0.25) is 0 Å². The number of halogens is 1. The minimum atomic E-state index is -0.829. The zero-order chi connectivity index (χ0) is 4.41. The lowest BCUT2D eigenvalue weighted by atomic mass is 10.4. The Labute approximate surface area is 36.5 Å². The summed E-state index contributed by atoms with van der Waals surface area (Å²) in [7, 11) is 0. The molecule has 2 heteroatoms. The maximum Gasteiger partial charge on any atom is 0.166 e. The third kappa shape index (κ3) is 0.684. The van der Waals surface area contributed by atoms with Crippen LogP contribution in [0, 0.1) is 0 Å². The van der Waals surface area contributed by atoms with Crippen LogP contribution in [0.1, 0.15) is 12.8 Å². The maximum absolute atomic E-state index is 11.8. The predicted molar refractivity (Wildman–Crippen MR) is 21.1 cm³/mol. The van der Waals surface area contributed by atoms with Gasteiger partial charge in [-0.1, -0.05) is 0 Å². The molecule has 1 nitrogen and oxygen atoms in total. The van der Waals surface area contributed by atoms with Crippen molar-refractivity contribution in [2.45, 2.75) is 19.1 Å². The molecule has 1 rings (SSSR count). The summed E-state index contributed by atoms with van der Waals surface area (Å²) in [6.07, 6.45) is 0.770. The van der Waals surface area contributed by atoms with Crippen LogP contribution in [-0.2, 0) is 0 Å². The van der Waals surface area contributed by atoms with E-state index < -0.39 is 6.30 Å². The van der Waals surface area contributed by atoms with Crippen molar-refractivity contribution >= 4 is 0 Å². The minimum Gasteiger partial charge on any atom is -0.229 e. The van der Waals surface area contributed by atoms with Crippen molar-refractivity contribution in [2.24, 2.45) is 0 Å². The first-order chi connectivity index (χ1) is 2.89. The molecular weight excluding hydrogens is 81.0 g/mol. The first-order valence-corrected chi connectivity index (χ1v) is 2.20. The van der Waals surface area contributed by atoms with E-state index >= 15 is 0 Å². The van der Waals surface area contributed by atoms with Crippen LogP contribution in [-0.4, -0.2) is 12.8 Å². The monoisotopic (exact) mass is 88.1 g/mol. The lowest BCUT2D eigenvalue weighted by Gasteiger charge is -1.87. The Kier molecular flexibility index (Phi) is 1.05. The summed E-state index contributed by atoms with van der Waals surface area (Å²) in [6.45, 7) is 0.737. The van der Waals surface area contributed by atoms with Crippen LogP contribution in [0.4, 0.5) is 4.39 Å². The quantitative estimate of drug-likeness (QED) is 0.386. The van der Waals surface area contributed by atoms with Gasteiger partial charge in [0.05, 0.1) is 0 Å². The van der Waals surface area contributed by atoms with E-state index in [2.05, 4.69) is 5.32 Å². The molecule has 1 atom stereocenters. The molecule has 1 fully saturated rings. The highest BCUT2D eigenvalue weighted by Gasteiger charge is 2.11. The van der Waals surface area contributed by atoms with E-state index in [4.69, 9.17) is 0 Å². The Bertz CT molecular complexity index is 40.8. The van der Waals surface area contributed by atoms with Gasteiger partial charge < -0.3 is 0 Å². The summed E-state index contributed by atoms with van der Waals surface area (Å²) < 4.78 is 11.8. The summed E-state index contributed by atoms with van der Waals surface area (Å²) in [4.78, 5) is 0. The van der Waals surface area contributed by atoms with Crippen molar-refractivity contribution in [1.82, 2.24) is 5.32 Å². The van der Waals surface area contributed by atoms with E-state index in [9.17, 15) is 4.39 Å². The Morgan fingerprint density at radius 2 is 2.50 bits per heavy atom. The Morgan fingerprint density at radius 3 is 2.67 bits per heavy atom. The SMILES string of the molecule is F[C@@H]1CCC[N]1. The second-order valence-corrected chi connectivity index (χ2v) is 1.48. The van der Waals surface area contributed by atoms with Gasteiger partial charge in [-0.25, -0.2) is 9.71 Å². The topological polar surface area (TPSA) is 14.1 Å². The fourth-order valence-corrected chi connectivity index (χ4v) is 0.582. The molecule has 0 saturated carbocycles. The summed E-state index contributed by atoms with van der Waals surface area (Å²) in [5.74, 6) is 0. The van der Waals surface area contributed by atoms with Crippen molar-refractivity contribution in [2.75, 3.05) is 6.54 Å². The van der Waals surface area contributed by atoms with E-state index in [0.29, 0.717) is 6.42 Å². The van der Waals surface area contributed by atoms with Gasteiger partial charge >= 0.3 is 0 Å². The van der Waals surface area contributed by atoms with Gasteiger partial charge in [0.2, 0.25) is 0 Å². The highest BCUT2D eigenvalue weighted by atomic mass is 19.1. The Hall–Kier alpha value is -0.110. The van der Waals surface area contributed by atoms with Crippen molar-refractivity contribution in [3.63, 3.8) is 0 Å². The van der Waals surface area contributed by atoms with E-state index in [1.165, 1.54) is 0 Å². The van der Waals surface area contributed by atoms with E-state index in [1.807, 2.05) is 0 Å². The summed E-state index contributed by atoms with van der Waals surface area (Å²) in [5.41, 5.74) is 0. The first-order valence-electron chi connectivity index (χ1n) is 2.20. The second-order valence-electron chi connectivity index (χ2n) is 1.48. The number of nitrogens with zero attached hydrogens (tertiary/aromatic N) is 1. The van der Waals surface area contributed by atoms with Crippen LogP contribution >= 0.6 is 0 Å². The normalized spacial score (nSPS) is 34.5. The van der Waals surface area contributed by atoms with Crippen LogP contribution < -0.4 is 5.32 Å². The van der Waals surface area contributed by atoms with Crippen LogP contribution in [0.25, 0.3) is 0 Å². The molecule has 1 heterocycles. The van der Waals surface area contributed by atoms with Crippen LogP contribution in [0.5, 0.6) is 0 Å². The summed E-state index contributed by atoms with van der Waals surface area (Å²) in [5, 5.41) is 3.57.